The van der Waals surface area contributed by atoms with Gasteiger partial charge in [0.2, 0.25) is 0 Å². The Morgan fingerprint density at radius 3 is 2.89 bits per heavy atom. The molecular formula is C18H21N. The normalized spacial score (nSPS) is 18.1. The lowest BCUT2D eigenvalue weighted by Gasteiger charge is -2.26. The van der Waals surface area contributed by atoms with Gasteiger partial charge in [0.05, 0.1) is 0 Å². The van der Waals surface area contributed by atoms with Crippen LogP contribution in [0.1, 0.15) is 41.1 Å². The molecule has 98 valence electrons. The van der Waals surface area contributed by atoms with Crippen LogP contribution >= 0.6 is 0 Å². The Labute approximate surface area is 115 Å². The Bertz CT molecular complexity index is 559. The van der Waals surface area contributed by atoms with Crippen LogP contribution in [0.4, 0.5) is 0 Å². The summed E-state index contributed by atoms with van der Waals surface area (Å²) in [7, 11) is 0. The zero-order valence-corrected chi connectivity index (χ0v) is 11.5. The van der Waals surface area contributed by atoms with Gasteiger partial charge in [0.25, 0.3) is 0 Å². The van der Waals surface area contributed by atoms with Gasteiger partial charge in [0, 0.05) is 12.6 Å². The van der Waals surface area contributed by atoms with Crippen molar-refractivity contribution in [2.45, 2.75) is 38.8 Å². The van der Waals surface area contributed by atoms with Gasteiger partial charge in [-0.2, -0.15) is 0 Å². The average Bonchev–Trinajstić information content (AvgIpc) is 2.45. The van der Waals surface area contributed by atoms with E-state index in [2.05, 4.69) is 60.8 Å². The molecule has 1 atom stereocenters. The molecule has 2 aromatic rings. The number of nitrogens with one attached hydrogen (secondary N) is 1. The van der Waals surface area contributed by atoms with Crippen LogP contribution in [-0.2, 0) is 13.0 Å². The molecule has 0 radical (unpaired) electrons. The topological polar surface area (TPSA) is 12.0 Å². The van der Waals surface area contributed by atoms with Gasteiger partial charge in [0.15, 0.2) is 0 Å². The molecule has 0 heterocycles. The number of aryl methyl sites for hydroxylation is 2. The maximum absolute atomic E-state index is 3.72. The molecule has 0 fully saturated rings. The van der Waals surface area contributed by atoms with Crippen LogP contribution in [0.3, 0.4) is 0 Å². The van der Waals surface area contributed by atoms with Crippen molar-refractivity contribution in [2.24, 2.45) is 0 Å². The van der Waals surface area contributed by atoms with Crippen LogP contribution in [0.2, 0.25) is 0 Å². The number of fused-ring (bicyclic) bond motifs is 1. The fourth-order valence-electron chi connectivity index (χ4n) is 3.03. The van der Waals surface area contributed by atoms with E-state index in [-0.39, 0.29) is 0 Å². The van der Waals surface area contributed by atoms with Gasteiger partial charge in [-0.3, -0.25) is 0 Å². The Morgan fingerprint density at radius 2 is 2.00 bits per heavy atom. The highest BCUT2D eigenvalue weighted by atomic mass is 14.9. The van der Waals surface area contributed by atoms with Gasteiger partial charge in [-0.1, -0.05) is 54.1 Å². The molecule has 0 saturated heterocycles. The van der Waals surface area contributed by atoms with E-state index in [4.69, 9.17) is 0 Å². The van der Waals surface area contributed by atoms with E-state index < -0.39 is 0 Å². The molecule has 0 saturated carbocycles. The highest BCUT2D eigenvalue weighted by Crippen LogP contribution is 2.29. The van der Waals surface area contributed by atoms with Crippen molar-refractivity contribution in [1.82, 2.24) is 5.32 Å². The number of benzene rings is 2. The summed E-state index contributed by atoms with van der Waals surface area (Å²) in [6, 6.07) is 18.1. The summed E-state index contributed by atoms with van der Waals surface area (Å²) in [5, 5.41) is 3.72. The standard InChI is InChI=1S/C18H21N/c1-14-6-4-7-15(12-14)13-19-18-11-5-9-16-8-2-3-10-17(16)18/h2-4,6-8,10,12,18-19H,5,9,11,13H2,1H3. The third-order valence-corrected chi connectivity index (χ3v) is 4.00. The molecule has 0 bridgehead atoms. The Balaban J connectivity index is 1.71. The molecule has 1 N–H and O–H groups in total. The van der Waals surface area contributed by atoms with Crippen molar-refractivity contribution < 1.29 is 0 Å². The van der Waals surface area contributed by atoms with E-state index in [0.717, 1.165) is 6.54 Å². The number of rotatable bonds is 3. The van der Waals surface area contributed by atoms with E-state index >= 15 is 0 Å². The summed E-state index contributed by atoms with van der Waals surface area (Å²) in [5.74, 6) is 0. The predicted molar refractivity (Wildman–Crippen MR) is 80.1 cm³/mol. The minimum absolute atomic E-state index is 0.519. The van der Waals surface area contributed by atoms with Crippen molar-refractivity contribution in [2.75, 3.05) is 0 Å². The van der Waals surface area contributed by atoms with Gasteiger partial charge in [-0.05, 0) is 42.9 Å². The van der Waals surface area contributed by atoms with E-state index in [9.17, 15) is 0 Å². The molecule has 1 aliphatic rings. The minimum Gasteiger partial charge on any atom is -0.306 e. The summed E-state index contributed by atoms with van der Waals surface area (Å²) < 4.78 is 0. The van der Waals surface area contributed by atoms with Crippen LogP contribution in [0.5, 0.6) is 0 Å². The lowest BCUT2D eigenvalue weighted by molar-refractivity contribution is 0.459. The highest BCUT2D eigenvalue weighted by molar-refractivity contribution is 5.32. The van der Waals surface area contributed by atoms with Crippen LogP contribution in [0.15, 0.2) is 48.5 Å². The van der Waals surface area contributed by atoms with Crippen molar-refractivity contribution in [3.05, 3.63) is 70.8 Å². The summed E-state index contributed by atoms with van der Waals surface area (Å²) in [6.45, 7) is 3.11. The van der Waals surface area contributed by atoms with Crippen LogP contribution in [0, 0.1) is 6.92 Å². The van der Waals surface area contributed by atoms with E-state index in [1.165, 1.54) is 41.5 Å². The molecule has 1 unspecified atom stereocenters. The van der Waals surface area contributed by atoms with Gasteiger partial charge < -0.3 is 5.32 Å². The first kappa shape index (κ1) is 12.4. The number of hydrogen-bond donors (Lipinski definition) is 1. The van der Waals surface area contributed by atoms with Crippen molar-refractivity contribution in [3.8, 4) is 0 Å². The molecule has 0 aliphatic heterocycles. The molecule has 2 aromatic carbocycles. The molecule has 19 heavy (non-hydrogen) atoms. The fraction of sp³-hybridized carbons (Fsp3) is 0.333. The lowest BCUT2D eigenvalue weighted by atomic mass is 9.87. The zero-order valence-electron chi connectivity index (χ0n) is 11.5. The summed E-state index contributed by atoms with van der Waals surface area (Å²) in [5.41, 5.74) is 5.74. The summed E-state index contributed by atoms with van der Waals surface area (Å²) in [4.78, 5) is 0. The molecule has 0 amide bonds. The predicted octanol–water partition coefficient (Wildman–Crippen LogP) is 4.16. The second kappa shape index (κ2) is 5.58. The molecule has 1 nitrogen and oxygen atoms in total. The first-order valence-electron chi connectivity index (χ1n) is 7.19. The maximum atomic E-state index is 3.72. The monoisotopic (exact) mass is 251 g/mol. The van der Waals surface area contributed by atoms with Crippen molar-refractivity contribution >= 4 is 0 Å². The third-order valence-electron chi connectivity index (χ3n) is 4.00. The second-order valence-corrected chi connectivity index (χ2v) is 5.51. The quantitative estimate of drug-likeness (QED) is 0.863. The first-order valence-corrected chi connectivity index (χ1v) is 7.19. The molecule has 1 aliphatic carbocycles. The van der Waals surface area contributed by atoms with E-state index in [0.29, 0.717) is 6.04 Å². The highest BCUT2D eigenvalue weighted by Gasteiger charge is 2.18. The SMILES string of the molecule is Cc1cccc(CNC2CCCc3ccccc32)c1. The Kier molecular flexibility index (Phi) is 3.65. The molecule has 0 spiro atoms. The molecule has 3 rings (SSSR count). The van der Waals surface area contributed by atoms with Crippen molar-refractivity contribution in [1.29, 1.82) is 0 Å². The second-order valence-electron chi connectivity index (χ2n) is 5.51. The van der Waals surface area contributed by atoms with Crippen LogP contribution in [0.25, 0.3) is 0 Å². The Hall–Kier alpha value is -1.60. The van der Waals surface area contributed by atoms with Gasteiger partial charge >= 0.3 is 0 Å². The van der Waals surface area contributed by atoms with E-state index in [1.807, 2.05) is 0 Å². The average molecular weight is 251 g/mol. The number of hydrogen-bond acceptors (Lipinski definition) is 1. The van der Waals surface area contributed by atoms with E-state index in [1.54, 1.807) is 0 Å². The first-order chi connectivity index (χ1) is 9.33. The fourth-order valence-corrected chi connectivity index (χ4v) is 3.03. The third kappa shape index (κ3) is 2.87. The smallest absolute Gasteiger partial charge is 0.0326 e. The maximum Gasteiger partial charge on any atom is 0.0326 e. The largest absolute Gasteiger partial charge is 0.306 e. The summed E-state index contributed by atoms with van der Waals surface area (Å²) >= 11 is 0. The minimum atomic E-state index is 0.519. The summed E-state index contributed by atoms with van der Waals surface area (Å²) in [6.07, 6.45) is 3.78. The zero-order chi connectivity index (χ0) is 13.1. The van der Waals surface area contributed by atoms with Crippen LogP contribution < -0.4 is 5.32 Å². The molecule has 1 heteroatoms. The molecular weight excluding hydrogens is 230 g/mol. The van der Waals surface area contributed by atoms with Crippen LogP contribution in [-0.4, -0.2) is 0 Å². The van der Waals surface area contributed by atoms with Crippen molar-refractivity contribution in [3.63, 3.8) is 0 Å². The Morgan fingerprint density at radius 1 is 1.11 bits per heavy atom. The lowest BCUT2D eigenvalue weighted by Crippen LogP contribution is -2.24. The van der Waals surface area contributed by atoms with Gasteiger partial charge in [-0.25, -0.2) is 0 Å². The van der Waals surface area contributed by atoms with Gasteiger partial charge in [0.1, 0.15) is 0 Å². The van der Waals surface area contributed by atoms with Gasteiger partial charge in [-0.15, -0.1) is 0 Å². The molecule has 0 aromatic heterocycles.